The molecule has 0 spiro atoms. The van der Waals surface area contributed by atoms with Crippen molar-refractivity contribution in [1.82, 2.24) is 20.4 Å². The van der Waals surface area contributed by atoms with Crippen LogP contribution in [0.15, 0.2) is 4.52 Å². The van der Waals surface area contributed by atoms with Gasteiger partial charge in [-0.25, -0.2) is 0 Å². The summed E-state index contributed by atoms with van der Waals surface area (Å²) in [5.74, 6) is 3.88. The molecule has 2 saturated heterocycles. The Bertz CT molecular complexity index is 377. The van der Waals surface area contributed by atoms with Gasteiger partial charge >= 0.3 is 0 Å². The Morgan fingerprint density at radius 2 is 2.47 bits per heavy atom. The highest BCUT2D eigenvalue weighted by molar-refractivity contribution is 7.99. The van der Waals surface area contributed by atoms with E-state index in [9.17, 15) is 0 Å². The minimum Gasteiger partial charge on any atom is -0.338 e. The summed E-state index contributed by atoms with van der Waals surface area (Å²) in [4.78, 5) is 6.88. The molecule has 2 aliphatic heterocycles. The first kappa shape index (κ1) is 11.5. The van der Waals surface area contributed by atoms with Crippen molar-refractivity contribution in [1.29, 1.82) is 0 Å². The van der Waals surface area contributed by atoms with Gasteiger partial charge in [0.25, 0.3) is 0 Å². The third kappa shape index (κ3) is 2.34. The highest BCUT2D eigenvalue weighted by atomic mass is 32.2. The quantitative estimate of drug-likeness (QED) is 0.856. The van der Waals surface area contributed by atoms with Crippen LogP contribution >= 0.6 is 11.8 Å². The summed E-state index contributed by atoms with van der Waals surface area (Å²) < 4.78 is 5.39. The van der Waals surface area contributed by atoms with E-state index >= 15 is 0 Å². The molecule has 2 aliphatic rings. The second-order valence-electron chi connectivity index (χ2n) is 4.71. The van der Waals surface area contributed by atoms with Crippen molar-refractivity contribution in [3.05, 3.63) is 11.7 Å². The average Bonchev–Trinajstić information content (AvgIpc) is 3.00. The molecule has 0 amide bonds. The van der Waals surface area contributed by atoms with Gasteiger partial charge in [0.15, 0.2) is 5.82 Å². The lowest BCUT2D eigenvalue weighted by Gasteiger charge is -2.29. The molecule has 1 aromatic heterocycles. The van der Waals surface area contributed by atoms with Crippen LogP contribution in [-0.2, 0) is 0 Å². The van der Waals surface area contributed by atoms with Crippen molar-refractivity contribution >= 4 is 11.8 Å². The van der Waals surface area contributed by atoms with Gasteiger partial charge in [0.05, 0.1) is 12.1 Å². The molecule has 0 saturated carbocycles. The number of nitrogens with zero attached hydrogens (tertiary/aromatic N) is 3. The Morgan fingerprint density at radius 3 is 3.24 bits per heavy atom. The lowest BCUT2D eigenvalue weighted by molar-refractivity contribution is 0.255. The summed E-state index contributed by atoms with van der Waals surface area (Å²) in [5.41, 5.74) is 0. The molecule has 0 aromatic carbocycles. The standard InChI is InChI=1S/C11H18N4OS/c1-15-5-6-17-7-9(15)10-13-11(16-14-10)8-3-2-4-12-8/h8-9,12H,2-7H2,1H3. The number of hydrogen-bond donors (Lipinski definition) is 1. The van der Waals surface area contributed by atoms with E-state index in [1.54, 1.807) is 0 Å². The van der Waals surface area contributed by atoms with E-state index in [0.717, 1.165) is 37.0 Å². The van der Waals surface area contributed by atoms with Gasteiger partial charge in [-0.05, 0) is 26.4 Å². The van der Waals surface area contributed by atoms with Gasteiger partial charge in [0, 0.05) is 18.1 Å². The Balaban J connectivity index is 1.74. The van der Waals surface area contributed by atoms with E-state index in [-0.39, 0.29) is 6.04 Å². The molecule has 1 aromatic rings. The van der Waals surface area contributed by atoms with E-state index in [2.05, 4.69) is 27.4 Å². The smallest absolute Gasteiger partial charge is 0.243 e. The van der Waals surface area contributed by atoms with Crippen LogP contribution in [0.5, 0.6) is 0 Å². The molecule has 6 heteroatoms. The van der Waals surface area contributed by atoms with Crippen LogP contribution in [-0.4, -0.2) is 46.7 Å². The number of thioether (sulfide) groups is 1. The fourth-order valence-corrected chi connectivity index (χ4v) is 3.59. The van der Waals surface area contributed by atoms with Crippen molar-refractivity contribution in [2.24, 2.45) is 0 Å². The minimum atomic E-state index is 0.276. The molecule has 17 heavy (non-hydrogen) atoms. The summed E-state index contributed by atoms with van der Waals surface area (Å²) in [7, 11) is 2.13. The fraction of sp³-hybridized carbons (Fsp3) is 0.818. The molecule has 2 unspecified atom stereocenters. The van der Waals surface area contributed by atoms with Crippen LogP contribution in [0.25, 0.3) is 0 Å². The first-order valence-corrected chi connectivity index (χ1v) is 7.35. The molecule has 0 aliphatic carbocycles. The Hall–Kier alpha value is -0.590. The topological polar surface area (TPSA) is 54.2 Å². The van der Waals surface area contributed by atoms with Crippen LogP contribution in [0.4, 0.5) is 0 Å². The third-order valence-corrected chi connectivity index (χ3v) is 4.53. The summed E-state index contributed by atoms with van der Waals surface area (Å²) >= 11 is 1.96. The predicted molar refractivity (Wildman–Crippen MR) is 67.0 cm³/mol. The van der Waals surface area contributed by atoms with Crippen LogP contribution in [0.1, 0.15) is 36.6 Å². The van der Waals surface area contributed by atoms with E-state index in [1.807, 2.05) is 11.8 Å². The molecular formula is C11H18N4OS. The highest BCUT2D eigenvalue weighted by Crippen LogP contribution is 2.28. The van der Waals surface area contributed by atoms with E-state index in [0.29, 0.717) is 6.04 Å². The molecule has 2 atom stereocenters. The van der Waals surface area contributed by atoms with Gasteiger partial charge in [0.2, 0.25) is 5.89 Å². The largest absolute Gasteiger partial charge is 0.338 e. The fourth-order valence-electron chi connectivity index (χ4n) is 2.38. The number of nitrogens with one attached hydrogen (secondary N) is 1. The zero-order chi connectivity index (χ0) is 11.7. The van der Waals surface area contributed by atoms with Gasteiger partial charge in [-0.1, -0.05) is 5.16 Å². The van der Waals surface area contributed by atoms with Crippen LogP contribution in [0.2, 0.25) is 0 Å². The normalized spacial score (nSPS) is 30.9. The molecule has 5 nitrogen and oxygen atoms in total. The first-order valence-electron chi connectivity index (χ1n) is 6.19. The zero-order valence-electron chi connectivity index (χ0n) is 10.1. The van der Waals surface area contributed by atoms with Gasteiger partial charge in [0.1, 0.15) is 0 Å². The van der Waals surface area contributed by atoms with E-state index in [1.165, 1.54) is 12.2 Å². The Labute approximate surface area is 105 Å². The minimum absolute atomic E-state index is 0.276. The van der Waals surface area contributed by atoms with Crippen molar-refractivity contribution < 1.29 is 4.52 Å². The van der Waals surface area contributed by atoms with E-state index in [4.69, 9.17) is 4.52 Å². The molecule has 3 rings (SSSR count). The summed E-state index contributed by atoms with van der Waals surface area (Å²) in [6.45, 7) is 2.16. The Morgan fingerprint density at radius 1 is 1.53 bits per heavy atom. The summed E-state index contributed by atoms with van der Waals surface area (Å²) in [6.07, 6.45) is 2.30. The van der Waals surface area contributed by atoms with Gasteiger partial charge < -0.3 is 9.84 Å². The number of aromatic nitrogens is 2. The summed E-state index contributed by atoms with van der Waals surface area (Å²) in [5, 5.41) is 7.54. The molecular weight excluding hydrogens is 236 g/mol. The number of hydrogen-bond acceptors (Lipinski definition) is 6. The molecule has 1 N–H and O–H groups in total. The SMILES string of the molecule is CN1CCSCC1c1noc(C2CCCN2)n1. The lowest BCUT2D eigenvalue weighted by atomic mass is 10.2. The maximum Gasteiger partial charge on any atom is 0.243 e. The van der Waals surface area contributed by atoms with Gasteiger partial charge in [-0.3, -0.25) is 4.90 Å². The van der Waals surface area contributed by atoms with E-state index < -0.39 is 0 Å². The molecule has 0 bridgehead atoms. The molecule has 94 valence electrons. The average molecular weight is 254 g/mol. The highest BCUT2D eigenvalue weighted by Gasteiger charge is 2.28. The predicted octanol–water partition coefficient (Wildman–Crippen LogP) is 1.21. The molecule has 0 radical (unpaired) electrons. The van der Waals surface area contributed by atoms with Crippen molar-refractivity contribution in [3.8, 4) is 0 Å². The summed E-state index contributed by atoms with van der Waals surface area (Å²) in [6, 6.07) is 0.588. The van der Waals surface area contributed by atoms with Crippen LogP contribution in [0, 0.1) is 0 Å². The third-order valence-electron chi connectivity index (χ3n) is 3.51. The molecule has 2 fully saturated rings. The monoisotopic (exact) mass is 254 g/mol. The lowest BCUT2D eigenvalue weighted by Crippen LogP contribution is -2.33. The van der Waals surface area contributed by atoms with Gasteiger partial charge in [-0.15, -0.1) is 0 Å². The maximum atomic E-state index is 5.39. The van der Waals surface area contributed by atoms with Crippen molar-refractivity contribution in [3.63, 3.8) is 0 Å². The first-order chi connectivity index (χ1) is 8.34. The van der Waals surface area contributed by atoms with Gasteiger partial charge in [-0.2, -0.15) is 16.7 Å². The number of rotatable bonds is 2. The molecule has 3 heterocycles. The van der Waals surface area contributed by atoms with Crippen molar-refractivity contribution in [2.45, 2.75) is 24.9 Å². The maximum absolute atomic E-state index is 5.39. The Kier molecular flexibility index (Phi) is 3.35. The second-order valence-corrected chi connectivity index (χ2v) is 5.86. The van der Waals surface area contributed by atoms with Crippen molar-refractivity contribution in [2.75, 3.05) is 31.6 Å². The zero-order valence-corrected chi connectivity index (χ0v) is 10.9. The van der Waals surface area contributed by atoms with Crippen LogP contribution < -0.4 is 5.32 Å². The second kappa shape index (κ2) is 4.96. The van der Waals surface area contributed by atoms with Crippen LogP contribution in [0.3, 0.4) is 0 Å².